The van der Waals surface area contributed by atoms with Crippen LogP contribution in [0.3, 0.4) is 0 Å². The van der Waals surface area contributed by atoms with Gasteiger partial charge in [0, 0.05) is 22.9 Å². The molecular formula is C18H19BrO2. The molecule has 0 bridgehead atoms. The summed E-state index contributed by atoms with van der Waals surface area (Å²) in [5.74, 6) is 0.793. The lowest BCUT2D eigenvalue weighted by Crippen LogP contribution is -2.42. The Morgan fingerprint density at radius 2 is 2.00 bits per heavy atom. The molecule has 2 aromatic rings. The van der Waals surface area contributed by atoms with Gasteiger partial charge in [0.05, 0.1) is 6.10 Å². The zero-order chi connectivity index (χ0) is 14.9. The number of hydrogen-bond donors (Lipinski definition) is 1. The zero-order valence-electron chi connectivity index (χ0n) is 12.1. The average Bonchev–Trinajstić information content (AvgIpc) is 2.47. The Hall–Kier alpha value is -1.32. The minimum atomic E-state index is -0.467. The second-order valence-corrected chi connectivity index (χ2v) is 6.62. The van der Waals surface area contributed by atoms with Crippen molar-refractivity contribution in [2.75, 3.05) is 0 Å². The van der Waals surface area contributed by atoms with E-state index in [4.69, 9.17) is 4.74 Å². The van der Waals surface area contributed by atoms with E-state index >= 15 is 0 Å². The van der Waals surface area contributed by atoms with Crippen molar-refractivity contribution >= 4 is 15.9 Å². The maximum atomic E-state index is 10.5. The Labute approximate surface area is 133 Å². The van der Waals surface area contributed by atoms with Gasteiger partial charge >= 0.3 is 0 Å². The molecule has 1 heterocycles. The lowest BCUT2D eigenvalue weighted by Gasteiger charge is -2.40. The van der Waals surface area contributed by atoms with Gasteiger partial charge in [-0.3, -0.25) is 0 Å². The third-order valence-electron chi connectivity index (χ3n) is 4.24. The molecular weight excluding hydrogens is 328 g/mol. The first-order valence-electron chi connectivity index (χ1n) is 7.32. The van der Waals surface area contributed by atoms with Crippen LogP contribution in [0.25, 0.3) is 0 Å². The highest BCUT2D eigenvalue weighted by Gasteiger charge is 2.39. The van der Waals surface area contributed by atoms with E-state index in [1.807, 2.05) is 36.4 Å². The first-order valence-corrected chi connectivity index (χ1v) is 8.12. The van der Waals surface area contributed by atoms with E-state index < -0.39 is 6.10 Å². The van der Waals surface area contributed by atoms with E-state index in [2.05, 4.69) is 35.0 Å². The van der Waals surface area contributed by atoms with Gasteiger partial charge < -0.3 is 9.84 Å². The van der Waals surface area contributed by atoms with E-state index in [-0.39, 0.29) is 5.60 Å². The van der Waals surface area contributed by atoms with Crippen molar-refractivity contribution in [1.82, 2.24) is 0 Å². The summed E-state index contributed by atoms with van der Waals surface area (Å²) in [6.45, 7) is 2.12. The average molecular weight is 347 g/mol. The number of aliphatic hydroxyl groups excluding tert-OH is 1. The lowest BCUT2D eigenvalue weighted by molar-refractivity contribution is -0.0168. The van der Waals surface area contributed by atoms with Crippen molar-refractivity contribution < 1.29 is 9.84 Å². The van der Waals surface area contributed by atoms with Gasteiger partial charge in [-0.2, -0.15) is 0 Å². The van der Waals surface area contributed by atoms with Crippen molar-refractivity contribution in [3.8, 4) is 5.75 Å². The molecule has 2 nitrogen and oxygen atoms in total. The van der Waals surface area contributed by atoms with Gasteiger partial charge in [-0.25, -0.2) is 0 Å². The van der Waals surface area contributed by atoms with E-state index in [0.29, 0.717) is 6.42 Å². The van der Waals surface area contributed by atoms with Gasteiger partial charge in [-0.05, 0) is 24.1 Å². The Morgan fingerprint density at radius 3 is 2.71 bits per heavy atom. The second-order valence-electron chi connectivity index (χ2n) is 5.70. The first-order chi connectivity index (χ1) is 10.1. The van der Waals surface area contributed by atoms with E-state index in [1.54, 1.807) is 0 Å². The Morgan fingerprint density at radius 1 is 1.24 bits per heavy atom. The molecule has 1 unspecified atom stereocenters. The number of fused-ring (bicyclic) bond motifs is 1. The molecule has 0 aliphatic carbocycles. The van der Waals surface area contributed by atoms with Gasteiger partial charge in [0.25, 0.3) is 0 Å². The largest absolute Gasteiger partial charge is 0.486 e. The molecule has 2 aromatic carbocycles. The van der Waals surface area contributed by atoms with Crippen molar-refractivity contribution in [3.05, 3.63) is 64.1 Å². The summed E-state index contributed by atoms with van der Waals surface area (Å²) in [7, 11) is 0. The summed E-state index contributed by atoms with van der Waals surface area (Å²) in [4.78, 5) is 0. The van der Waals surface area contributed by atoms with Crippen LogP contribution in [0, 0.1) is 0 Å². The smallest absolute Gasteiger partial charge is 0.127 e. The second kappa shape index (κ2) is 5.82. The third-order valence-corrected chi connectivity index (χ3v) is 4.73. The quantitative estimate of drug-likeness (QED) is 0.875. The molecule has 0 saturated carbocycles. The monoisotopic (exact) mass is 346 g/mol. The fourth-order valence-corrected chi connectivity index (χ4v) is 3.37. The molecule has 1 aliphatic heterocycles. The van der Waals surface area contributed by atoms with Gasteiger partial charge in [-0.15, -0.1) is 0 Å². The molecule has 2 atom stereocenters. The SMILES string of the molecule is CCC1(Cc2ccccc2)C[C@H](O)c2ccc(Br)cc2O1. The molecule has 0 amide bonds. The van der Waals surface area contributed by atoms with Crippen LogP contribution in [0.15, 0.2) is 53.0 Å². The summed E-state index contributed by atoms with van der Waals surface area (Å²) in [5.41, 5.74) is 1.79. The summed E-state index contributed by atoms with van der Waals surface area (Å²) < 4.78 is 7.31. The molecule has 0 saturated heterocycles. The van der Waals surface area contributed by atoms with Crippen LogP contribution in [0.4, 0.5) is 0 Å². The summed E-state index contributed by atoms with van der Waals surface area (Å²) in [6, 6.07) is 16.2. The van der Waals surface area contributed by atoms with Crippen LogP contribution in [0.5, 0.6) is 5.75 Å². The fraction of sp³-hybridized carbons (Fsp3) is 0.333. The van der Waals surface area contributed by atoms with Crippen molar-refractivity contribution in [3.63, 3.8) is 0 Å². The van der Waals surface area contributed by atoms with Crippen LogP contribution < -0.4 is 4.74 Å². The number of hydrogen-bond acceptors (Lipinski definition) is 2. The van der Waals surface area contributed by atoms with Gasteiger partial charge in [0.15, 0.2) is 0 Å². The highest BCUT2D eigenvalue weighted by atomic mass is 79.9. The molecule has 3 rings (SSSR count). The number of rotatable bonds is 3. The standard InChI is InChI=1S/C18H19BrO2/c1-2-18(11-13-6-4-3-5-7-13)12-16(20)15-9-8-14(19)10-17(15)21-18/h3-10,16,20H,2,11-12H2,1H3/t16-,18?/m0/s1. The zero-order valence-corrected chi connectivity index (χ0v) is 13.6. The topological polar surface area (TPSA) is 29.5 Å². The molecule has 21 heavy (non-hydrogen) atoms. The summed E-state index contributed by atoms with van der Waals surface area (Å²) in [6.07, 6.45) is 1.84. The van der Waals surface area contributed by atoms with E-state index in [1.165, 1.54) is 5.56 Å². The molecule has 0 spiro atoms. The normalized spacial score (nSPS) is 24.2. The molecule has 0 fully saturated rings. The van der Waals surface area contributed by atoms with E-state index in [0.717, 1.165) is 28.6 Å². The molecule has 110 valence electrons. The molecule has 3 heteroatoms. The lowest BCUT2D eigenvalue weighted by atomic mass is 9.82. The number of aliphatic hydroxyl groups is 1. The van der Waals surface area contributed by atoms with Crippen LogP contribution in [-0.2, 0) is 6.42 Å². The predicted molar refractivity (Wildman–Crippen MR) is 87.5 cm³/mol. The van der Waals surface area contributed by atoms with Crippen LogP contribution in [-0.4, -0.2) is 10.7 Å². The maximum Gasteiger partial charge on any atom is 0.127 e. The fourth-order valence-electron chi connectivity index (χ4n) is 3.03. The van der Waals surface area contributed by atoms with Gasteiger partial charge in [0.1, 0.15) is 11.4 Å². The summed E-state index contributed by atoms with van der Waals surface area (Å²) >= 11 is 3.48. The Balaban J connectivity index is 1.94. The van der Waals surface area contributed by atoms with Gasteiger partial charge in [0.2, 0.25) is 0 Å². The molecule has 0 radical (unpaired) electrons. The number of ether oxygens (including phenoxy) is 1. The third kappa shape index (κ3) is 2.99. The van der Waals surface area contributed by atoms with Crippen LogP contribution in [0.2, 0.25) is 0 Å². The Kier molecular flexibility index (Phi) is 4.05. The van der Waals surface area contributed by atoms with Crippen molar-refractivity contribution in [2.45, 2.75) is 37.9 Å². The van der Waals surface area contributed by atoms with Crippen molar-refractivity contribution in [2.24, 2.45) is 0 Å². The van der Waals surface area contributed by atoms with Gasteiger partial charge in [-0.1, -0.05) is 59.3 Å². The van der Waals surface area contributed by atoms with Crippen molar-refractivity contribution in [1.29, 1.82) is 0 Å². The minimum Gasteiger partial charge on any atom is -0.486 e. The minimum absolute atomic E-state index is 0.339. The number of benzene rings is 2. The first kappa shape index (κ1) is 14.6. The maximum absolute atomic E-state index is 10.5. The number of halogens is 1. The molecule has 1 aliphatic rings. The molecule has 0 aromatic heterocycles. The van der Waals surface area contributed by atoms with E-state index in [9.17, 15) is 5.11 Å². The van der Waals surface area contributed by atoms with Crippen LogP contribution in [0.1, 0.15) is 37.0 Å². The predicted octanol–water partition coefficient (Wildman–Crippen LogP) is 4.66. The molecule has 1 N–H and O–H groups in total. The Bertz CT molecular complexity index is 626. The van der Waals surface area contributed by atoms with Crippen LogP contribution >= 0.6 is 15.9 Å². The highest BCUT2D eigenvalue weighted by Crippen LogP contribution is 2.43. The highest BCUT2D eigenvalue weighted by molar-refractivity contribution is 9.10. The summed E-state index contributed by atoms with van der Waals surface area (Å²) in [5, 5.41) is 10.5.